The highest BCUT2D eigenvalue weighted by atomic mass is 16.5. The van der Waals surface area contributed by atoms with Gasteiger partial charge < -0.3 is 10.1 Å². The topological polar surface area (TPSA) is 85.1 Å². The zero-order valence-corrected chi connectivity index (χ0v) is 11.5. The van der Waals surface area contributed by atoms with Crippen molar-refractivity contribution in [1.29, 1.82) is 0 Å². The minimum atomic E-state index is 0.353. The highest BCUT2D eigenvalue weighted by Crippen LogP contribution is 2.30. The Morgan fingerprint density at radius 2 is 1.76 bits per heavy atom. The highest BCUT2D eigenvalue weighted by molar-refractivity contribution is 5.92. The molecule has 1 aromatic heterocycles. The second-order valence-corrected chi connectivity index (χ2v) is 4.38. The fourth-order valence-electron chi connectivity index (χ4n) is 2.11. The monoisotopic (exact) mass is 281 g/mol. The molecular weight excluding hydrogens is 266 g/mol. The first kappa shape index (κ1) is 13.1. The second-order valence-electron chi connectivity index (χ2n) is 4.38. The lowest BCUT2D eigenvalue weighted by Crippen LogP contribution is -2.11. The Morgan fingerprint density at radius 1 is 1.00 bits per heavy atom. The maximum atomic E-state index is 5.43. The van der Waals surface area contributed by atoms with E-state index in [0.717, 1.165) is 22.3 Å². The Kier molecular flexibility index (Phi) is 3.53. The Hall–Kier alpha value is -2.86. The molecule has 0 radical (unpaired) electrons. The fraction of sp³-hybridized carbons (Fsp3) is 0.0667. The number of nitrogens with zero attached hydrogens (tertiary/aromatic N) is 2. The highest BCUT2D eigenvalue weighted by Gasteiger charge is 2.09. The van der Waals surface area contributed by atoms with Gasteiger partial charge in [-0.25, -0.2) is 10.8 Å². The summed E-state index contributed by atoms with van der Waals surface area (Å²) in [6.07, 6.45) is 0. The molecular formula is C15H15N5O. The van der Waals surface area contributed by atoms with Crippen LogP contribution in [-0.4, -0.2) is 17.1 Å². The van der Waals surface area contributed by atoms with E-state index < -0.39 is 0 Å². The van der Waals surface area contributed by atoms with Crippen LogP contribution in [0.2, 0.25) is 0 Å². The molecule has 0 aliphatic heterocycles. The lowest BCUT2D eigenvalue weighted by Gasteiger charge is -2.13. The van der Waals surface area contributed by atoms with Gasteiger partial charge in [0.2, 0.25) is 5.95 Å². The molecule has 3 rings (SSSR count). The van der Waals surface area contributed by atoms with Crippen molar-refractivity contribution in [2.45, 2.75) is 0 Å². The van der Waals surface area contributed by atoms with Crippen molar-refractivity contribution < 1.29 is 4.74 Å². The molecule has 106 valence electrons. The van der Waals surface area contributed by atoms with Gasteiger partial charge in [0.05, 0.1) is 18.3 Å². The van der Waals surface area contributed by atoms with Gasteiger partial charge >= 0.3 is 0 Å². The van der Waals surface area contributed by atoms with Crippen LogP contribution < -0.4 is 21.3 Å². The molecule has 0 aliphatic carbocycles. The summed E-state index contributed by atoms with van der Waals surface area (Å²) < 4.78 is 5.34. The fourth-order valence-corrected chi connectivity index (χ4v) is 2.11. The van der Waals surface area contributed by atoms with Crippen LogP contribution >= 0.6 is 0 Å². The number of para-hydroxylation sites is 3. The van der Waals surface area contributed by atoms with Crippen molar-refractivity contribution in [2.24, 2.45) is 5.84 Å². The standard InChI is InChI=1S/C15H15N5O/c1-21-13-9-5-4-8-12(13)17-14-10-6-2-3-7-11(10)18-15(19-14)20-16/h2-9H,16H2,1H3,(H2,17,18,19,20). The van der Waals surface area contributed by atoms with E-state index in [-0.39, 0.29) is 0 Å². The molecule has 0 saturated heterocycles. The van der Waals surface area contributed by atoms with Crippen LogP contribution in [0.3, 0.4) is 0 Å². The van der Waals surface area contributed by atoms with Crippen LogP contribution in [0.5, 0.6) is 5.75 Å². The zero-order chi connectivity index (χ0) is 14.7. The number of nitrogens with two attached hydrogens (primary N) is 1. The molecule has 0 spiro atoms. The molecule has 0 aliphatic rings. The number of nitrogens with one attached hydrogen (secondary N) is 2. The third kappa shape index (κ3) is 2.56. The first-order valence-electron chi connectivity index (χ1n) is 6.45. The molecule has 0 unspecified atom stereocenters. The first-order valence-corrected chi connectivity index (χ1v) is 6.45. The summed E-state index contributed by atoms with van der Waals surface area (Å²) in [6, 6.07) is 15.4. The Balaban J connectivity index is 2.11. The van der Waals surface area contributed by atoms with Crippen molar-refractivity contribution >= 4 is 28.4 Å². The lowest BCUT2D eigenvalue weighted by molar-refractivity contribution is 0.417. The maximum absolute atomic E-state index is 5.43. The van der Waals surface area contributed by atoms with Crippen molar-refractivity contribution in [3.8, 4) is 5.75 Å². The van der Waals surface area contributed by atoms with Crippen LogP contribution in [0.25, 0.3) is 10.9 Å². The SMILES string of the molecule is COc1ccccc1Nc1nc(NN)nc2ccccc12. The van der Waals surface area contributed by atoms with Gasteiger partial charge in [0, 0.05) is 5.39 Å². The predicted octanol–water partition coefficient (Wildman–Crippen LogP) is 2.67. The second kappa shape index (κ2) is 5.64. The average Bonchev–Trinajstić information content (AvgIpc) is 2.55. The van der Waals surface area contributed by atoms with Gasteiger partial charge in [-0.2, -0.15) is 4.98 Å². The number of rotatable bonds is 4. The van der Waals surface area contributed by atoms with E-state index in [0.29, 0.717) is 11.8 Å². The molecule has 3 aromatic rings. The van der Waals surface area contributed by atoms with E-state index >= 15 is 0 Å². The average molecular weight is 281 g/mol. The van der Waals surface area contributed by atoms with Gasteiger partial charge in [-0.3, -0.25) is 5.43 Å². The number of hydrazine groups is 1. The quantitative estimate of drug-likeness (QED) is 0.503. The van der Waals surface area contributed by atoms with Crippen LogP contribution in [0.15, 0.2) is 48.5 Å². The van der Waals surface area contributed by atoms with E-state index in [2.05, 4.69) is 20.7 Å². The summed E-state index contributed by atoms with van der Waals surface area (Å²) in [5.41, 5.74) is 4.11. The van der Waals surface area contributed by atoms with E-state index in [1.165, 1.54) is 0 Å². The van der Waals surface area contributed by atoms with Crippen LogP contribution in [-0.2, 0) is 0 Å². The molecule has 6 nitrogen and oxygen atoms in total. The minimum absolute atomic E-state index is 0.353. The summed E-state index contributed by atoms with van der Waals surface area (Å²) in [4.78, 5) is 8.70. The van der Waals surface area contributed by atoms with Gasteiger partial charge in [0.25, 0.3) is 0 Å². The summed E-state index contributed by atoms with van der Waals surface area (Å²) in [5, 5.41) is 4.17. The number of benzene rings is 2. The summed E-state index contributed by atoms with van der Waals surface area (Å²) in [5.74, 6) is 7.19. The van der Waals surface area contributed by atoms with E-state index in [1.54, 1.807) is 7.11 Å². The van der Waals surface area contributed by atoms with Crippen LogP contribution in [0.1, 0.15) is 0 Å². The normalized spacial score (nSPS) is 10.4. The molecule has 2 aromatic carbocycles. The largest absolute Gasteiger partial charge is 0.495 e. The molecule has 21 heavy (non-hydrogen) atoms. The number of anilines is 3. The van der Waals surface area contributed by atoms with Gasteiger partial charge in [0.15, 0.2) is 0 Å². The number of methoxy groups -OCH3 is 1. The summed E-state index contributed by atoms with van der Waals surface area (Å²) in [6.45, 7) is 0. The number of hydrogen-bond acceptors (Lipinski definition) is 6. The number of ether oxygens (including phenoxy) is 1. The van der Waals surface area contributed by atoms with Gasteiger partial charge in [0.1, 0.15) is 11.6 Å². The molecule has 6 heteroatoms. The molecule has 0 bridgehead atoms. The van der Waals surface area contributed by atoms with Crippen LogP contribution in [0, 0.1) is 0 Å². The Labute approximate surface area is 121 Å². The van der Waals surface area contributed by atoms with E-state index in [1.807, 2.05) is 48.5 Å². The van der Waals surface area contributed by atoms with Crippen molar-refractivity contribution in [3.05, 3.63) is 48.5 Å². The van der Waals surface area contributed by atoms with Crippen molar-refractivity contribution in [2.75, 3.05) is 17.9 Å². The van der Waals surface area contributed by atoms with E-state index in [9.17, 15) is 0 Å². The minimum Gasteiger partial charge on any atom is -0.495 e. The Bertz CT molecular complexity index is 775. The number of fused-ring (bicyclic) bond motifs is 1. The van der Waals surface area contributed by atoms with Crippen molar-refractivity contribution in [3.63, 3.8) is 0 Å². The van der Waals surface area contributed by atoms with Gasteiger partial charge in [-0.05, 0) is 24.3 Å². The molecule has 0 amide bonds. The molecule has 4 N–H and O–H groups in total. The Morgan fingerprint density at radius 3 is 2.57 bits per heavy atom. The number of hydrogen-bond donors (Lipinski definition) is 3. The third-order valence-electron chi connectivity index (χ3n) is 3.09. The predicted molar refractivity (Wildman–Crippen MR) is 83.6 cm³/mol. The first-order chi connectivity index (χ1) is 10.3. The maximum Gasteiger partial charge on any atom is 0.239 e. The molecule has 0 saturated carbocycles. The van der Waals surface area contributed by atoms with Gasteiger partial charge in [-0.1, -0.05) is 24.3 Å². The smallest absolute Gasteiger partial charge is 0.239 e. The molecule has 1 heterocycles. The van der Waals surface area contributed by atoms with E-state index in [4.69, 9.17) is 10.6 Å². The molecule has 0 atom stereocenters. The zero-order valence-electron chi connectivity index (χ0n) is 11.5. The molecule has 0 fully saturated rings. The van der Waals surface area contributed by atoms with Crippen molar-refractivity contribution in [1.82, 2.24) is 9.97 Å². The van der Waals surface area contributed by atoms with Gasteiger partial charge in [-0.15, -0.1) is 0 Å². The summed E-state index contributed by atoms with van der Waals surface area (Å²) in [7, 11) is 1.63. The number of aromatic nitrogens is 2. The summed E-state index contributed by atoms with van der Waals surface area (Å²) >= 11 is 0. The third-order valence-corrected chi connectivity index (χ3v) is 3.09. The van der Waals surface area contributed by atoms with Crippen LogP contribution in [0.4, 0.5) is 17.5 Å². The number of nitrogen functional groups attached to an aromatic ring is 1. The lowest BCUT2D eigenvalue weighted by atomic mass is 10.2.